The third kappa shape index (κ3) is 6.20. The number of carbonyl (C=O) groups excluding carboxylic acids is 1. The molecule has 0 spiro atoms. The summed E-state index contributed by atoms with van der Waals surface area (Å²) >= 11 is 6.68. The van der Waals surface area contributed by atoms with Crippen LogP contribution < -0.4 is 0 Å². The molecule has 0 saturated heterocycles. The maximum absolute atomic E-state index is 12.0. The Kier molecular flexibility index (Phi) is 8.08. The fourth-order valence-corrected chi connectivity index (χ4v) is 3.69. The van der Waals surface area contributed by atoms with E-state index in [1.165, 1.54) is 5.56 Å². The highest BCUT2D eigenvalue weighted by Crippen LogP contribution is 2.38. The summed E-state index contributed by atoms with van der Waals surface area (Å²) in [5.74, 6) is 0.689. The lowest BCUT2D eigenvalue weighted by Crippen LogP contribution is -2.15. The molecule has 0 bridgehead atoms. The van der Waals surface area contributed by atoms with Crippen molar-refractivity contribution in [1.29, 1.82) is 0 Å². The number of aliphatic imine (C=N–C) groups is 1. The van der Waals surface area contributed by atoms with E-state index >= 15 is 0 Å². The van der Waals surface area contributed by atoms with Crippen LogP contribution in [-0.2, 0) is 26.2 Å². The van der Waals surface area contributed by atoms with Crippen molar-refractivity contribution in [3.63, 3.8) is 0 Å². The van der Waals surface area contributed by atoms with Crippen molar-refractivity contribution in [2.45, 2.75) is 66.5 Å². The standard InChI is InChI=1S/C26H34ClN3O4/c1-8-30-23(22(27)17(4)29-30)24(33-15-34-25(31)32-14-16(2)3)21(20-13-28-20)18-9-11-19(12-10-18)26(5,6)7/h9-13,16,20H,8,14-15H2,1-7H3/b24-21+. The van der Waals surface area contributed by atoms with E-state index in [0.717, 1.165) is 11.1 Å². The Morgan fingerprint density at radius 1 is 1.15 bits per heavy atom. The molecule has 184 valence electrons. The van der Waals surface area contributed by atoms with Gasteiger partial charge in [0.2, 0.25) is 6.79 Å². The third-order valence-corrected chi connectivity index (χ3v) is 5.84. The van der Waals surface area contributed by atoms with Crippen molar-refractivity contribution in [2.24, 2.45) is 10.9 Å². The average Bonchev–Trinajstić information content (AvgIpc) is 3.57. The summed E-state index contributed by atoms with van der Waals surface area (Å²) < 4.78 is 18.1. The molecular weight excluding hydrogens is 454 g/mol. The first-order valence-corrected chi connectivity index (χ1v) is 11.9. The highest BCUT2D eigenvalue weighted by atomic mass is 35.5. The summed E-state index contributed by atoms with van der Waals surface area (Å²) in [6.45, 7) is 14.8. The van der Waals surface area contributed by atoms with E-state index in [2.05, 4.69) is 55.1 Å². The van der Waals surface area contributed by atoms with Crippen LogP contribution in [0.5, 0.6) is 0 Å². The number of nitrogens with zero attached hydrogens (tertiary/aromatic N) is 3. The number of hydrogen-bond acceptors (Lipinski definition) is 6. The van der Waals surface area contributed by atoms with Crippen LogP contribution in [0, 0.1) is 12.8 Å². The van der Waals surface area contributed by atoms with Gasteiger partial charge in [-0.3, -0.25) is 9.67 Å². The number of aromatic nitrogens is 2. The van der Waals surface area contributed by atoms with Crippen molar-refractivity contribution < 1.29 is 19.0 Å². The first-order chi connectivity index (χ1) is 16.0. The Bertz CT molecular complexity index is 1070. The Morgan fingerprint density at radius 2 is 1.79 bits per heavy atom. The summed E-state index contributed by atoms with van der Waals surface area (Å²) in [6, 6.07) is 8.19. The zero-order valence-corrected chi connectivity index (χ0v) is 21.8. The molecule has 0 amide bonds. The van der Waals surface area contributed by atoms with Crippen LogP contribution in [-0.4, -0.2) is 41.6 Å². The van der Waals surface area contributed by atoms with Crippen LogP contribution in [0.1, 0.15) is 64.1 Å². The molecular formula is C26H34ClN3O4. The highest BCUT2D eigenvalue weighted by Gasteiger charge is 2.31. The predicted octanol–water partition coefficient (Wildman–Crippen LogP) is 6.27. The number of hydrogen-bond donors (Lipinski definition) is 0. The van der Waals surface area contributed by atoms with Gasteiger partial charge in [-0.05, 0) is 36.3 Å². The monoisotopic (exact) mass is 487 g/mol. The maximum atomic E-state index is 12.0. The molecule has 0 aliphatic carbocycles. The van der Waals surface area contributed by atoms with Gasteiger partial charge in [-0.2, -0.15) is 5.10 Å². The third-order valence-electron chi connectivity index (χ3n) is 5.38. The van der Waals surface area contributed by atoms with Crippen LogP contribution in [0.3, 0.4) is 0 Å². The minimum atomic E-state index is -0.780. The van der Waals surface area contributed by atoms with Gasteiger partial charge in [0.1, 0.15) is 11.7 Å². The van der Waals surface area contributed by atoms with E-state index in [4.69, 9.17) is 25.8 Å². The summed E-state index contributed by atoms with van der Waals surface area (Å²) in [7, 11) is 0. The minimum absolute atomic E-state index is 0.0310. The molecule has 1 unspecified atom stereocenters. The average molecular weight is 488 g/mol. The number of rotatable bonds is 9. The van der Waals surface area contributed by atoms with Gasteiger partial charge >= 0.3 is 6.16 Å². The molecule has 3 rings (SSSR count). The van der Waals surface area contributed by atoms with Gasteiger partial charge < -0.3 is 14.2 Å². The molecule has 2 aromatic rings. The molecule has 0 saturated carbocycles. The minimum Gasteiger partial charge on any atom is -0.454 e. The zero-order valence-electron chi connectivity index (χ0n) is 21.0. The summed E-state index contributed by atoms with van der Waals surface area (Å²) in [6.07, 6.45) is 1.07. The van der Waals surface area contributed by atoms with Crippen LogP contribution in [0.15, 0.2) is 29.3 Å². The van der Waals surface area contributed by atoms with Gasteiger partial charge in [0.05, 0.1) is 17.3 Å². The summed E-state index contributed by atoms with van der Waals surface area (Å²) in [5.41, 5.74) is 4.37. The van der Waals surface area contributed by atoms with E-state index in [1.807, 2.05) is 33.9 Å². The molecule has 0 fully saturated rings. The van der Waals surface area contributed by atoms with E-state index in [9.17, 15) is 4.79 Å². The van der Waals surface area contributed by atoms with Crippen molar-refractivity contribution in [3.8, 4) is 0 Å². The Labute approximate surface area is 206 Å². The number of carbonyl (C=O) groups is 1. The van der Waals surface area contributed by atoms with E-state index in [-0.39, 0.29) is 30.8 Å². The van der Waals surface area contributed by atoms with Crippen molar-refractivity contribution in [1.82, 2.24) is 9.78 Å². The van der Waals surface area contributed by atoms with Gasteiger partial charge in [-0.1, -0.05) is 70.5 Å². The van der Waals surface area contributed by atoms with Crippen LogP contribution in [0.25, 0.3) is 11.3 Å². The molecule has 2 heterocycles. The SMILES string of the molecule is CCn1nc(C)c(Cl)c1/C(OCOC(=O)OCC(C)C)=C(/c1ccc(C(C)(C)C)cc1)C1C=N1. The highest BCUT2D eigenvalue weighted by molar-refractivity contribution is 6.33. The van der Waals surface area contributed by atoms with Crippen LogP contribution in [0.4, 0.5) is 4.79 Å². The molecule has 1 aromatic carbocycles. The van der Waals surface area contributed by atoms with E-state index < -0.39 is 6.16 Å². The number of benzene rings is 1. The smallest absolute Gasteiger partial charge is 0.454 e. The lowest BCUT2D eigenvalue weighted by molar-refractivity contribution is -0.00955. The van der Waals surface area contributed by atoms with Gasteiger partial charge in [0, 0.05) is 18.3 Å². The Balaban J connectivity index is 2.01. The number of aryl methyl sites for hydroxylation is 2. The van der Waals surface area contributed by atoms with E-state index in [1.54, 1.807) is 4.68 Å². The fourth-order valence-electron chi connectivity index (χ4n) is 3.47. The first kappa shape index (κ1) is 25.8. The summed E-state index contributed by atoms with van der Waals surface area (Å²) in [4.78, 5) is 16.4. The van der Waals surface area contributed by atoms with Gasteiger partial charge in [0.15, 0.2) is 5.76 Å². The van der Waals surface area contributed by atoms with Gasteiger partial charge in [-0.25, -0.2) is 4.79 Å². The second kappa shape index (κ2) is 10.6. The fraction of sp³-hybridized carbons (Fsp3) is 0.500. The normalized spacial score (nSPS) is 15.9. The van der Waals surface area contributed by atoms with Crippen LogP contribution in [0.2, 0.25) is 5.02 Å². The molecule has 1 aromatic heterocycles. The van der Waals surface area contributed by atoms with Gasteiger partial charge in [0.25, 0.3) is 0 Å². The second-order valence-electron chi connectivity index (χ2n) is 9.74. The topological polar surface area (TPSA) is 74.9 Å². The number of ether oxygens (including phenoxy) is 3. The molecule has 0 N–H and O–H groups in total. The van der Waals surface area contributed by atoms with Gasteiger partial charge in [-0.15, -0.1) is 0 Å². The quantitative estimate of drug-likeness (QED) is 0.237. The lowest BCUT2D eigenvalue weighted by Gasteiger charge is -2.21. The van der Waals surface area contributed by atoms with Crippen molar-refractivity contribution in [3.05, 3.63) is 51.8 Å². The van der Waals surface area contributed by atoms with E-state index in [0.29, 0.717) is 28.7 Å². The molecule has 7 nitrogen and oxygen atoms in total. The predicted molar refractivity (Wildman–Crippen MR) is 135 cm³/mol. The maximum Gasteiger partial charge on any atom is 0.511 e. The first-order valence-electron chi connectivity index (χ1n) is 11.6. The molecule has 0 radical (unpaired) electrons. The molecule has 8 heteroatoms. The molecule has 34 heavy (non-hydrogen) atoms. The Morgan fingerprint density at radius 3 is 2.32 bits per heavy atom. The Hall–Kier alpha value is -2.80. The summed E-state index contributed by atoms with van der Waals surface area (Å²) in [5, 5.41) is 5.03. The molecule has 1 atom stereocenters. The lowest BCUT2D eigenvalue weighted by atomic mass is 9.86. The molecule has 1 aliphatic rings. The van der Waals surface area contributed by atoms with Crippen molar-refractivity contribution >= 4 is 35.3 Å². The largest absolute Gasteiger partial charge is 0.511 e. The second-order valence-corrected chi connectivity index (χ2v) is 10.1. The zero-order chi connectivity index (χ0) is 25.0. The van der Waals surface area contributed by atoms with Crippen molar-refractivity contribution in [2.75, 3.05) is 13.4 Å². The molecule has 1 aliphatic heterocycles. The number of halogens is 1. The van der Waals surface area contributed by atoms with Crippen LogP contribution >= 0.6 is 11.6 Å².